The van der Waals surface area contributed by atoms with Gasteiger partial charge in [0.25, 0.3) is 0 Å². The summed E-state index contributed by atoms with van der Waals surface area (Å²) >= 11 is 0. The first kappa shape index (κ1) is 15.8. The summed E-state index contributed by atoms with van der Waals surface area (Å²) in [5.41, 5.74) is -0.423. The van der Waals surface area contributed by atoms with Gasteiger partial charge in [0.2, 0.25) is 0 Å². The number of hydrogen-bond acceptors (Lipinski definition) is 3. The average molecular weight is 272 g/mol. The number of aliphatic carboxylic acids is 1. The molecule has 2 amide bonds. The van der Waals surface area contributed by atoms with E-state index in [4.69, 9.17) is 9.84 Å². The molecule has 0 bridgehead atoms. The van der Waals surface area contributed by atoms with E-state index >= 15 is 0 Å². The molecule has 19 heavy (non-hydrogen) atoms. The highest BCUT2D eigenvalue weighted by molar-refractivity contribution is 5.75. The molecule has 6 heteroatoms. The number of ether oxygens (including phenoxy) is 1. The van der Waals surface area contributed by atoms with Crippen molar-refractivity contribution in [2.75, 3.05) is 13.2 Å². The molecule has 1 saturated carbocycles. The third-order valence-electron chi connectivity index (χ3n) is 3.11. The molecule has 0 aromatic carbocycles. The number of carboxylic acid groups (broad SMARTS) is 1. The Labute approximate surface area is 113 Å². The van der Waals surface area contributed by atoms with Gasteiger partial charge in [-0.2, -0.15) is 0 Å². The van der Waals surface area contributed by atoms with E-state index < -0.39 is 11.6 Å². The third-order valence-corrected chi connectivity index (χ3v) is 3.11. The van der Waals surface area contributed by atoms with Crippen molar-refractivity contribution in [3.05, 3.63) is 0 Å². The molecule has 1 rings (SSSR count). The predicted molar refractivity (Wildman–Crippen MR) is 71.0 cm³/mol. The normalized spacial score (nSPS) is 16.8. The highest BCUT2D eigenvalue weighted by atomic mass is 16.5. The summed E-state index contributed by atoms with van der Waals surface area (Å²) in [5.74, 6) is -0.575. The van der Waals surface area contributed by atoms with Gasteiger partial charge in [-0.25, -0.2) is 4.79 Å². The quantitative estimate of drug-likeness (QED) is 0.622. The molecule has 0 radical (unpaired) electrons. The maximum atomic E-state index is 11.7. The predicted octanol–water partition coefficient (Wildman–Crippen LogP) is 1.35. The van der Waals surface area contributed by atoms with E-state index in [0.717, 1.165) is 12.8 Å². The molecule has 110 valence electrons. The zero-order valence-corrected chi connectivity index (χ0v) is 11.9. The molecule has 1 unspecified atom stereocenters. The van der Waals surface area contributed by atoms with Crippen LogP contribution in [0, 0.1) is 5.92 Å². The molecular formula is C13H24N2O4. The number of carbonyl (C=O) groups is 2. The third kappa shape index (κ3) is 6.42. The van der Waals surface area contributed by atoms with Gasteiger partial charge in [-0.1, -0.05) is 0 Å². The molecule has 1 aliphatic carbocycles. The van der Waals surface area contributed by atoms with Crippen LogP contribution in [0.2, 0.25) is 0 Å². The van der Waals surface area contributed by atoms with Crippen molar-refractivity contribution in [3.63, 3.8) is 0 Å². The summed E-state index contributed by atoms with van der Waals surface area (Å²) in [7, 11) is 0. The van der Waals surface area contributed by atoms with Crippen LogP contribution in [0.3, 0.4) is 0 Å². The van der Waals surface area contributed by atoms with Gasteiger partial charge >= 0.3 is 12.0 Å². The van der Waals surface area contributed by atoms with Crippen molar-refractivity contribution >= 4 is 12.0 Å². The Kier molecular flexibility index (Phi) is 5.60. The van der Waals surface area contributed by atoms with E-state index in [1.54, 1.807) is 0 Å². The van der Waals surface area contributed by atoms with E-state index in [-0.39, 0.29) is 18.5 Å². The highest BCUT2D eigenvalue weighted by Gasteiger charge is 2.33. The Balaban J connectivity index is 2.34. The smallest absolute Gasteiger partial charge is 0.315 e. The monoisotopic (exact) mass is 272 g/mol. The molecule has 0 aromatic rings. The zero-order chi connectivity index (χ0) is 14.5. The fraction of sp³-hybridized carbons (Fsp3) is 0.846. The number of hydrogen-bond donors (Lipinski definition) is 3. The van der Waals surface area contributed by atoms with Gasteiger partial charge in [0.1, 0.15) is 0 Å². The lowest BCUT2D eigenvalue weighted by Gasteiger charge is -2.25. The minimum atomic E-state index is -0.883. The Bertz CT molecular complexity index is 327. The minimum Gasteiger partial charge on any atom is -0.481 e. The lowest BCUT2D eigenvalue weighted by atomic mass is 10.1. The second-order valence-electron chi connectivity index (χ2n) is 5.56. The summed E-state index contributed by atoms with van der Waals surface area (Å²) in [6, 6.07) is -0.598. The number of amides is 2. The van der Waals surface area contributed by atoms with Crippen LogP contribution >= 0.6 is 0 Å². The van der Waals surface area contributed by atoms with Crippen molar-refractivity contribution in [3.8, 4) is 0 Å². The highest BCUT2D eigenvalue weighted by Crippen LogP contribution is 2.33. The van der Waals surface area contributed by atoms with Gasteiger partial charge in [0.15, 0.2) is 0 Å². The molecule has 3 N–H and O–H groups in total. The molecule has 1 aliphatic rings. The van der Waals surface area contributed by atoms with Crippen LogP contribution in [0.15, 0.2) is 0 Å². The maximum Gasteiger partial charge on any atom is 0.315 e. The van der Waals surface area contributed by atoms with Crippen LogP contribution in [-0.4, -0.2) is 41.9 Å². The van der Waals surface area contributed by atoms with E-state index in [9.17, 15) is 9.59 Å². The zero-order valence-electron chi connectivity index (χ0n) is 11.9. The van der Waals surface area contributed by atoms with Crippen molar-refractivity contribution in [1.82, 2.24) is 10.6 Å². The Morgan fingerprint density at radius 3 is 2.53 bits per heavy atom. The average Bonchev–Trinajstić information content (AvgIpc) is 3.08. The molecule has 1 fully saturated rings. The van der Waals surface area contributed by atoms with E-state index in [2.05, 4.69) is 10.6 Å². The summed E-state index contributed by atoms with van der Waals surface area (Å²) in [4.78, 5) is 22.5. The summed E-state index contributed by atoms with van der Waals surface area (Å²) in [6.07, 6.45) is 1.96. The van der Waals surface area contributed by atoms with E-state index in [0.29, 0.717) is 19.1 Å². The molecule has 6 nitrogen and oxygen atoms in total. The maximum absolute atomic E-state index is 11.7. The van der Waals surface area contributed by atoms with Gasteiger partial charge < -0.3 is 20.5 Å². The van der Waals surface area contributed by atoms with Gasteiger partial charge in [-0.3, -0.25) is 4.79 Å². The fourth-order valence-electron chi connectivity index (χ4n) is 1.98. The Hall–Kier alpha value is -1.30. The number of nitrogens with one attached hydrogen (secondary N) is 2. The summed E-state index contributed by atoms with van der Waals surface area (Å²) in [5, 5.41) is 14.3. The molecule has 0 saturated heterocycles. The van der Waals surface area contributed by atoms with Crippen molar-refractivity contribution in [2.24, 2.45) is 5.92 Å². The van der Waals surface area contributed by atoms with Crippen LogP contribution in [0.1, 0.15) is 40.0 Å². The topological polar surface area (TPSA) is 87.7 Å². The lowest BCUT2D eigenvalue weighted by molar-refractivity contribution is -0.137. The van der Waals surface area contributed by atoms with Crippen LogP contribution in [0.4, 0.5) is 4.79 Å². The minimum absolute atomic E-state index is 0.0209. The van der Waals surface area contributed by atoms with Crippen LogP contribution in [0.5, 0.6) is 0 Å². The van der Waals surface area contributed by atoms with Gasteiger partial charge in [-0.15, -0.1) is 0 Å². The van der Waals surface area contributed by atoms with Crippen LogP contribution in [0.25, 0.3) is 0 Å². The second kappa shape index (κ2) is 6.75. The van der Waals surface area contributed by atoms with Gasteiger partial charge in [0, 0.05) is 19.2 Å². The summed E-state index contributed by atoms with van der Waals surface area (Å²) < 4.78 is 5.47. The molecular weight excluding hydrogens is 248 g/mol. The number of rotatable bonds is 8. The van der Waals surface area contributed by atoms with Gasteiger partial charge in [-0.05, 0) is 39.5 Å². The molecule has 0 spiro atoms. The fourth-order valence-corrected chi connectivity index (χ4v) is 1.98. The Morgan fingerprint density at radius 1 is 1.42 bits per heavy atom. The molecule has 1 atom stereocenters. The first-order valence-electron chi connectivity index (χ1n) is 6.74. The van der Waals surface area contributed by atoms with E-state index in [1.807, 2.05) is 20.8 Å². The molecule has 0 aromatic heterocycles. The summed E-state index contributed by atoms with van der Waals surface area (Å²) in [6.45, 7) is 6.66. The van der Waals surface area contributed by atoms with Crippen LogP contribution < -0.4 is 10.6 Å². The second-order valence-corrected chi connectivity index (χ2v) is 5.56. The van der Waals surface area contributed by atoms with E-state index in [1.165, 1.54) is 0 Å². The van der Waals surface area contributed by atoms with Gasteiger partial charge in [0.05, 0.1) is 12.0 Å². The lowest BCUT2D eigenvalue weighted by Crippen LogP contribution is -2.48. The van der Waals surface area contributed by atoms with Crippen molar-refractivity contribution in [1.29, 1.82) is 0 Å². The Morgan fingerprint density at radius 2 is 2.05 bits per heavy atom. The number of carboxylic acids is 1. The molecule has 0 heterocycles. The standard InChI is InChI=1S/C13H24N2O4/c1-4-19-13(2,3)8-14-12(18)15-10(7-11(16)17)9-5-6-9/h9-10H,4-8H2,1-3H3,(H,16,17)(H2,14,15,18). The molecule has 0 aliphatic heterocycles. The number of carbonyl (C=O) groups excluding carboxylic acids is 1. The van der Waals surface area contributed by atoms with Crippen LogP contribution in [-0.2, 0) is 9.53 Å². The first-order chi connectivity index (χ1) is 8.84. The SMILES string of the molecule is CCOC(C)(C)CNC(=O)NC(CC(=O)O)C1CC1. The first-order valence-corrected chi connectivity index (χ1v) is 6.74. The van der Waals surface area contributed by atoms with Crippen molar-refractivity contribution < 1.29 is 19.4 Å². The van der Waals surface area contributed by atoms with Crippen molar-refractivity contribution in [2.45, 2.75) is 51.7 Å². The largest absolute Gasteiger partial charge is 0.481 e. The number of urea groups is 1.